The van der Waals surface area contributed by atoms with Crippen molar-refractivity contribution in [3.8, 4) is 11.5 Å². The molecule has 0 aromatic heterocycles. The van der Waals surface area contributed by atoms with E-state index in [1.807, 2.05) is 37.3 Å². The van der Waals surface area contributed by atoms with E-state index in [-0.39, 0.29) is 18.2 Å². The second kappa shape index (κ2) is 8.73. The molecule has 0 heterocycles. The van der Waals surface area contributed by atoms with Gasteiger partial charge in [0, 0.05) is 18.4 Å². The number of Topliss-reactive ketones (excluding diaryl/α,β-unsaturated/α-hetero) is 1. The van der Waals surface area contributed by atoms with Crippen molar-refractivity contribution >= 4 is 11.8 Å². The molecule has 0 atom stereocenters. The van der Waals surface area contributed by atoms with Crippen LogP contribution < -0.4 is 9.47 Å². The summed E-state index contributed by atoms with van der Waals surface area (Å²) in [6.07, 6.45) is 1.32. The summed E-state index contributed by atoms with van der Waals surface area (Å²) in [4.78, 5) is 23.3. The molecule has 0 spiro atoms. The first-order valence-corrected chi connectivity index (χ1v) is 7.71. The van der Waals surface area contributed by atoms with Crippen LogP contribution in [0.5, 0.6) is 11.5 Å². The average molecular weight is 312 g/mol. The van der Waals surface area contributed by atoms with E-state index in [0.29, 0.717) is 30.8 Å². The average Bonchev–Trinajstić information content (AvgIpc) is 2.59. The lowest BCUT2D eigenvalue weighted by Crippen LogP contribution is -2.10. The van der Waals surface area contributed by atoms with Gasteiger partial charge in [0.25, 0.3) is 0 Å². The summed E-state index contributed by atoms with van der Waals surface area (Å²) in [5.74, 6) is 1.00. The Balaban J connectivity index is 1.71. The van der Waals surface area contributed by atoms with Crippen molar-refractivity contribution < 1.29 is 19.1 Å². The minimum atomic E-state index is -0.309. The molecule has 4 heteroatoms. The third-order valence-electron chi connectivity index (χ3n) is 3.27. The highest BCUT2D eigenvalue weighted by molar-refractivity contribution is 5.95. The SMILES string of the molecule is CCC(=O)c1ccc(OC(=O)CCCOc2ccccc2)cc1. The molecule has 0 amide bonds. The molecule has 0 bridgehead atoms. The molecule has 0 radical (unpaired) electrons. The largest absolute Gasteiger partial charge is 0.494 e. The molecule has 23 heavy (non-hydrogen) atoms. The first kappa shape index (κ1) is 16.7. The van der Waals surface area contributed by atoms with Crippen LogP contribution in [0.25, 0.3) is 0 Å². The number of hydrogen-bond acceptors (Lipinski definition) is 4. The molecule has 0 aliphatic rings. The van der Waals surface area contributed by atoms with E-state index in [1.54, 1.807) is 24.3 Å². The van der Waals surface area contributed by atoms with E-state index in [9.17, 15) is 9.59 Å². The lowest BCUT2D eigenvalue weighted by atomic mass is 10.1. The third-order valence-corrected chi connectivity index (χ3v) is 3.27. The van der Waals surface area contributed by atoms with Crippen molar-refractivity contribution in [3.05, 3.63) is 60.2 Å². The number of carbonyl (C=O) groups is 2. The standard InChI is InChI=1S/C19H20O4/c1-2-18(20)15-10-12-17(13-11-15)23-19(21)9-6-14-22-16-7-4-3-5-8-16/h3-5,7-8,10-13H,2,6,9,14H2,1H3. The van der Waals surface area contributed by atoms with Crippen LogP contribution in [0.1, 0.15) is 36.5 Å². The van der Waals surface area contributed by atoms with Crippen LogP contribution in [-0.4, -0.2) is 18.4 Å². The Morgan fingerprint density at radius 3 is 2.26 bits per heavy atom. The van der Waals surface area contributed by atoms with Gasteiger partial charge < -0.3 is 9.47 Å². The summed E-state index contributed by atoms with van der Waals surface area (Å²) in [6, 6.07) is 16.1. The van der Waals surface area contributed by atoms with Crippen LogP contribution in [0.2, 0.25) is 0 Å². The lowest BCUT2D eigenvalue weighted by molar-refractivity contribution is -0.134. The van der Waals surface area contributed by atoms with Crippen molar-refractivity contribution in [2.75, 3.05) is 6.61 Å². The van der Waals surface area contributed by atoms with Crippen molar-refractivity contribution in [2.24, 2.45) is 0 Å². The van der Waals surface area contributed by atoms with Gasteiger partial charge in [0.15, 0.2) is 5.78 Å². The van der Waals surface area contributed by atoms with Gasteiger partial charge in [-0.05, 0) is 42.8 Å². The van der Waals surface area contributed by atoms with Crippen molar-refractivity contribution in [3.63, 3.8) is 0 Å². The fourth-order valence-electron chi connectivity index (χ4n) is 2.02. The second-order valence-corrected chi connectivity index (χ2v) is 5.04. The maximum absolute atomic E-state index is 11.8. The number of rotatable bonds is 8. The molecule has 2 aromatic rings. The van der Waals surface area contributed by atoms with Crippen molar-refractivity contribution in [1.82, 2.24) is 0 Å². The molecule has 2 rings (SSSR count). The molecule has 0 unspecified atom stereocenters. The monoisotopic (exact) mass is 312 g/mol. The van der Waals surface area contributed by atoms with E-state index >= 15 is 0 Å². The van der Waals surface area contributed by atoms with Gasteiger partial charge in [0.1, 0.15) is 11.5 Å². The maximum atomic E-state index is 11.8. The number of hydrogen-bond donors (Lipinski definition) is 0. The predicted octanol–water partition coefficient (Wildman–Crippen LogP) is 4.04. The molecular formula is C19H20O4. The Morgan fingerprint density at radius 2 is 1.61 bits per heavy atom. The predicted molar refractivity (Wildman–Crippen MR) is 87.9 cm³/mol. The topological polar surface area (TPSA) is 52.6 Å². The van der Waals surface area contributed by atoms with Crippen LogP contribution in [0.15, 0.2) is 54.6 Å². The Hall–Kier alpha value is -2.62. The maximum Gasteiger partial charge on any atom is 0.311 e. The Morgan fingerprint density at radius 1 is 0.913 bits per heavy atom. The van der Waals surface area contributed by atoms with Crippen molar-refractivity contribution in [2.45, 2.75) is 26.2 Å². The van der Waals surface area contributed by atoms with Gasteiger partial charge in [0.05, 0.1) is 6.61 Å². The van der Waals surface area contributed by atoms with Crippen LogP contribution in [0, 0.1) is 0 Å². The number of ether oxygens (including phenoxy) is 2. The van der Waals surface area contributed by atoms with Gasteiger partial charge in [-0.1, -0.05) is 25.1 Å². The fourth-order valence-corrected chi connectivity index (χ4v) is 2.02. The number of carbonyl (C=O) groups excluding carboxylic acids is 2. The van der Waals surface area contributed by atoms with Crippen LogP contribution in [-0.2, 0) is 4.79 Å². The van der Waals surface area contributed by atoms with E-state index in [2.05, 4.69) is 0 Å². The van der Waals surface area contributed by atoms with Gasteiger partial charge in [-0.2, -0.15) is 0 Å². The van der Waals surface area contributed by atoms with Crippen molar-refractivity contribution in [1.29, 1.82) is 0 Å². The molecule has 2 aromatic carbocycles. The zero-order valence-corrected chi connectivity index (χ0v) is 13.2. The number of ketones is 1. The second-order valence-electron chi connectivity index (χ2n) is 5.04. The molecule has 0 saturated heterocycles. The Bertz CT molecular complexity index is 632. The van der Waals surface area contributed by atoms with Crippen LogP contribution >= 0.6 is 0 Å². The minimum Gasteiger partial charge on any atom is -0.494 e. The fraction of sp³-hybridized carbons (Fsp3) is 0.263. The summed E-state index contributed by atoms with van der Waals surface area (Å²) < 4.78 is 10.7. The zero-order valence-electron chi connectivity index (χ0n) is 13.2. The highest BCUT2D eigenvalue weighted by Gasteiger charge is 2.07. The van der Waals surface area contributed by atoms with Crippen LogP contribution in [0.4, 0.5) is 0 Å². The summed E-state index contributed by atoms with van der Waals surface area (Å²) in [5.41, 5.74) is 0.628. The number of benzene rings is 2. The molecule has 0 fully saturated rings. The zero-order chi connectivity index (χ0) is 16.5. The molecule has 120 valence electrons. The van der Waals surface area contributed by atoms with Gasteiger partial charge >= 0.3 is 5.97 Å². The molecule has 4 nitrogen and oxygen atoms in total. The van der Waals surface area contributed by atoms with Gasteiger partial charge in [0.2, 0.25) is 0 Å². The molecule has 0 aliphatic carbocycles. The molecule has 0 saturated carbocycles. The van der Waals surface area contributed by atoms with E-state index in [4.69, 9.17) is 9.47 Å². The molecule has 0 N–H and O–H groups in total. The molecule has 0 aliphatic heterocycles. The number of esters is 1. The summed E-state index contributed by atoms with van der Waals surface area (Å²) in [6.45, 7) is 2.27. The first-order chi connectivity index (χ1) is 11.2. The highest BCUT2D eigenvalue weighted by Crippen LogP contribution is 2.15. The van der Waals surface area contributed by atoms with E-state index < -0.39 is 0 Å². The Kier molecular flexibility index (Phi) is 6.36. The van der Waals surface area contributed by atoms with E-state index in [1.165, 1.54) is 0 Å². The lowest BCUT2D eigenvalue weighted by Gasteiger charge is -2.07. The summed E-state index contributed by atoms with van der Waals surface area (Å²) in [5, 5.41) is 0. The minimum absolute atomic E-state index is 0.0703. The quantitative estimate of drug-likeness (QED) is 0.319. The van der Waals surface area contributed by atoms with Gasteiger partial charge in [-0.3, -0.25) is 9.59 Å². The number of para-hydroxylation sites is 1. The Labute approximate surface area is 136 Å². The molecular weight excluding hydrogens is 292 g/mol. The van der Waals surface area contributed by atoms with Gasteiger partial charge in [-0.15, -0.1) is 0 Å². The highest BCUT2D eigenvalue weighted by atomic mass is 16.5. The van der Waals surface area contributed by atoms with Crippen LogP contribution in [0.3, 0.4) is 0 Å². The van der Waals surface area contributed by atoms with Gasteiger partial charge in [-0.25, -0.2) is 0 Å². The van der Waals surface area contributed by atoms with E-state index in [0.717, 1.165) is 5.75 Å². The summed E-state index contributed by atoms with van der Waals surface area (Å²) in [7, 11) is 0. The summed E-state index contributed by atoms with van der Waals surface area (Å²) >= 11 is 0. The third kappa shape index (κ3) is 5.58. The first-order valence-electron chi connectivity index (χ1n) is 7.71. The normalized spacial score (nSPS) is 10.1. The smallest absolute Gasteiger partial charge is 0.311 e.